The maximum Gasteiger partial charge on any atom is 0.248 e. The number of hydrogen-bond acceptors (Lipinski definition) is 5. The molecule has 1 aliphatic heterocycles. The largest absolute Gasteiger partial charge is 0.492 e. The number of carbonyl (C=O) groups is 2. The quantitative estimate of drug-likeness (QED) is 0.538. The van der Waals surface area contributed by atoms with Gasteiger partial charge in [-0.15, -0.1) is 11.8 Å². The van der Waals surface area contributed by atoms with Crippen molar-refractivity contribution in [3.63, 3.8) is 0 Å². The third kappa shape index (κ3) is 5.68. The molecule has 1 heterocycles. The molecule has 7 heteroatoms. The van der Waals surface area contributed by atoms with Gasteiger partial charge in [-0.05, 0) is 49.1 Å². The summed E-state index contributed by atoms with van der Waals surface area (Å²) in [5.41, 5.74) is 7.33. The van der Waals surface area contributed by atoms with Crippen LogP contribution in [0.15, 0.2) is 65.6 Å². The van der Waals surface area contributed by atoms with Gasteiger partial charge in [-0.1, -0.05) is 30.3 Å². The monoisotopic (exact) mass is 453 g/mol. The molecule has 32 heavy (non-hydrogen) atoms. The van der Waals surface area contributed by atoms with Crippen LogP contribution in [0.4, 0.5) is 4.39 Å². The maximum absolute atomic E-state index is 14.3. The Kier molecular flexibility index (Phi) is 7.89. The molecule has 0 saturated heterocycles. The fraction of sp³-hybridized carbons (Fsp3) is 0.200. The lowest BCUT2D eigenvalue weighted by Gasteiger charge is -2.21. The number of thioether (sulfide) groups is 1. The molecule has 0 atom stereocenters. The van der Waals surface area contributed by atoms with Gasteiger partial charge in [0.05, 0.1) is 12.2 Å². The number of benzene rings is 3. The summed E-state index contributed by atoms with van der Waals surface area (Å²) >= 11 is 1.66. The Morgan fingerprint density at radius 1 is 1.16 bits per heavy atom. The molecular weight excluding hydrogens is 429 g/mol. The molecule has 0 radical (unpaired) electrons. The Morgan fingerprint density at radius 2 is 1.84 bits per heavy atom. The number of ketones is 1. The Bertz CT molecular complexity index is 1100. The van der Waals surface area contributed by atoms with Crippen molar-refractivity contribution in [1.82, 2.24) is 0 Å². The molecule has 166 valence electrons. The smallest absolute Gasteiger partial charge is 0.248 e. The predicted molar refractivity (Wildman–Crippen MR) is 123 cm³/mol. The Balaban J connectivity index is 0.000000269. The van der Waals surface area contributed by atoms with Crippen LogP contribution < -0.4 is 15.2 Å². The minimum absolute atomic E-state index is 0.0903. The normalized spacial score (nSPS) is 12.2. The summed E-state index contributed by atoms with van der Waals surface area (Å²) in [6.07, 6.45) is 2.30. The van der Waals surface area contributed by atoms with Crippen molar-refractivity contribution in [2.75, 3.05) is 12.9 Å². The Morgan fingerprint density at radius 3 is 2.44 bits per heavy atom. The highest BCUT2D eigenvalue weighted by Gasteiger charge is 2.25. The first-order valence-corrected chi connectivity index (χ1v) is 11.2. The molecule has 4 rings (SSSR count). The Labute approximate surface area is 190 Å². The van der Waals surface area contributed by atoms with E-state index in [0.29, 0.717) is 29.0 Å². The molecule has 3 aromatic rings. The van der Waals surface area contributed by atoms with Crippen LogP contribution in [0.1, 0.15) is 38.3 Å². The molecule has 0 saturated carbocycles. The van der Waals surface area contributed by atoms with Crippen LogP contribution in [-0.4, -0.2) is 24.6 Å². The summed E-state index contributed by atoms with van der Waals surface area (Å²) in [7, 11) is 0. The first kappa shape index (κ1) is 23.3. The summed E-state index contributed by atoms with van der Waals surface area (Å²) in [5.74, 6) is -0.410. The lowest BCUT2D eigenvalue weighted by molar-refractivity contribution is 0.0930. The van der Waals surface area contributed by atoms with E-state index in [-0.39, 0.29) is 30.5 Å². The molecule has 5 nitrogen and oxygen atoms in total. The van der Waals surface area contributed by atoms with Gasteiger partial charge >= 0.3 is 0 Å². The SMILES string of the molecule is CSc1ccc(COc2c(F)cc3c(c2C)OCCC3=O)cc1.NC(=O)c1ccccc1. The van der Waals surface area contributed by atoms with E-state index in [4.69, 9.17) is 15.2 Å². The summed E-state index contributed by atoms with van der Waals surface area (Å²) in [6, 6.07) is 17.9. The molecule has 1 aliphatic rings. The zero-order valence-corrected chi connectivity index (χ0v) is 18.7. The zero-order chi connectivity index (χ0) is 23.1. The lowest BCUT2D eigenvalue weighted by atomic mass is 10.0. The molecule has 0 spiro atoms. The van der Waals surface area contributed by atoms with E-state index in [1.807, 2.05) is 36.6 Å². The van der Waals surface area contributed by atoms with Crippen LogP contribution in [-0.2, 0) is 6.61 Å². The first-order chi connectivity index (χ1) is 15.4. The number of amides is 1. The number of ether oxygens (including phenoxy) is 2. The van der Waals surface area contributed by atoms with Gasteiger partial charge in [0, 0.05) is 22.4 Å². The maximum atomic E-state index is 14.3. The number of hydrogen-bond donors (Lipinski definition) is 1. The second kappa shape index (κ2) is 10.8. The summed E-state index contributed by atoms with van der Waals surface area (Å²) in [6.45, 7) is 2.31. The second-order valence-corrected chi connectivity index (χ2v) is 7.96. The number of carbonyl (C=O) groups excluding carboxylic acids is 2. The van der Waals surface area contributed by atoms with Gasteiger partial charge < -0.3 is 15.2 Å². The number of nitrogens with two attached hydrogens (primary N) is 1. The van der Waals surface area contributed by atoms with Gasteiger partial charge in [0.15, 0.2) is 17.3 Å². The molecule has 0 unspecified atom stereocenters. The predicted octanol–water partition coefficient (Wildman–Crippen LogP) is 5.19. The van der Waals surface area contributed by atoms with Gasteiger partial charge in [-0.2, -0.15) is 0 Å². The highest BCUT2D eigenvalue weighted by molar-refractivity contribution is 7.98. The third-order valence-corrected chi connectivity index (χ3v) is 5.63. The van der Waals surface area contributed by atoms with Crippen molar-refractivity contribution in [3.8, 4) is 11.5 Å². The first-order valence-electron chi connectivity index (χ1n) is 10.0. The zero-order valence-electron chi connectivity index (χ0n) is 17.9. The van der Waals surface area contributed by atoms with Crippen molar-refractivity contribution < 1.29 is 23.5 Å². The number of halogens is 1. The number of Topliss-reactive ketones (excluding diaryl/α,β-unsaturated/α-hetero) is 1. The van der Waals surface area contributed by atoms with Crippen LogP contribution in [0.25, 0.3) is 0 Å². The second-order valence-electron chi connectivity index (χ2n) is 7.08. The summed E-state index contributed by atoms with van der Waals surface area (Å²) in [4.78, 5) is 23.4. The van der Waals surface area contributed by atoms with Crippen LogP contribution in [0, 0.1) is 12.7 Å². The summed E-state index contributed by atoms with van der Waals surface area (Å²) in [5, 5.41) is 0. The van der Waals surface area contributed by atoms with E-state index >= 15 is 0 Å². The average molecular weight is 454 g/mol. The molecular formula is C25H24FNO4S. The fourth-order valence-corrected chi connectivity index (χ4v) is 3.58. The molecule has 0 aromatic heterocycles. The van der Waals surface area contributed by atoms with Crippen molar-refractivity contribution in [3.05, 3.63) is 88.7 Å². The van der Waals surface area contributed by atoms with Crippen LogP contribution >= 0.6 is 11.8 Å². The molecule has 0 aliphatic carbocycles. The number of rotatable bonds is 5. The highest BCUT2D eigenvalue weighted by Crippen LogP contribution is 2.37. The van der Waals surface area contributed by atoms with Crippen molar-refractivity contribution in [2.24, 2.45) is 5.73 Å². The third-order valence-electron chi connectivity index (χ3n) is 4.89. The van der Waals surface area contributed by atoms with Gasteiger partial charge in [-0.25, -0.2) is 4.39 Å². The van der Waals surface area contributed by atoms with Crippen molar-refractivity contribution in [2.45, 2.75) is 24.8 Å². The van der Waals surface area contributed by atoms with Crippen LogP contribution in [0.3, 0.4) is 0 Å². The molecule has 1 amide bonds. The highest BCUT2D eigenvalue weighted by atomic mass is 32.2. The molecule has 2 N–H and O–H groups in total. The van der Waals surface area contributed by atoms with Crippen LogP contribution in [0.2, 0.25) is 0 Å². The number of fused-ring (bicyclic) bond motifs is 1. The van der Waals surface area contributed by atoms with Gasteiger partial charge in [0.1, 0.15) is 12.4 Å². The summed E-state index contributed by atoms with van der Waals surface area (Å²) < 4.78 is 25.5. The molecule has 0 bridgehead atoms. The van der Waals surface area contributed by atoms with E-state index in [9.17, 15) is 14.0 Å². The average Bonchev–Trinajstić information content (AvgIpc) is 2.81. The van der Waals surface area contributed by atoms with Crippen LogP contribution in [0.5, 0.6) is 11.5 Å². The van der Waals surface area contributed by atoms with Crippen molar-refractivity contribution >= 4 is 23.5 Å². The minimum atomic E-state index is -0.527. The standard InChI is InChI=1S/C18H17FO3S.C7H7NO/c1-11-17-14(16(20)7-8-21-17)9-15(19)18(11)22-10-12-3-5-13(23-2)6-4-12;8-7(9)6-4-2-1-3-5-6/h3-6,9H,7-8,10H2,1-2H3;1-5H,(H2,8,9). The topological polar surface area (TPSA) is 78.6 Å². The number of primary amides is 1. The van der Waals surface area contributed by atoms with Gasteiger partial charge in [0.25, 0.3) is 0 Å². The van der Waals surface area contributed by atoms with Crippen molar-refractivity contribution in [1.29, 1.82) is 0 Å². The van der Waals surface area contributed by atoms with Gasteiger partial charge in [-0.3, -0.25) is 9.59 Å². The van der Waals surface area contributed by atoms with E-state index in [2.05, 4.69) is 0 Å². The lowest BCUT2D eigenvalue weighted by Crippen LogP contribution is -2.17. The van der Waals surface area contributed by atoms with E-state index in [1.54, 1.807) is 43.0 Å². The molecule has 0 fully saturated rings. The van der Waals surface area contributed by atoms with Gasteiger partial charge in [0.2, 0.25) is 5.91 Å². The Hall–Kier alpha value is -3.32. The van der Waals surface area contributed by atoms with E-state index < -0.39 is 5.82 Å². The molecule has 3 aromatic carbocycles. The fourth-order valence-electron chi connectivity index (χ4n) is 3.17. The minimum Gasteiger partial charge on any atom is -0.492 e. The van der Waals surface area contributed by atoms with E-state index in [0.717, 1.165) is 10.5 Å². The van der Waals surface area contributed by atoms with E-state index in [1.165, 1.54) is 6.07 Å².